The van der Waals surface area contributed by atoms with Gasteiger partial charge < -0.3 is 30.7 Å². The van der Waals surface area contributed by atoms with Crippen LogP contribution in [-0.4, -0.2) is 98.9 Å². The van der Waals surface area contributed by atoms with Crippen molar-refractivity contribution in [2.45, 2.75) is 64.6 Å². The van der Waals surface area contributed by atoms with Gasteiger partial charge >= 0.3 is 0 Å². The van der Waals surface area contributed by atoms with Gasteiger partial charge in [-0.05, 0) is 49.9 Å². The first-order chi connectivity index (χ1) is 23.9. The van der Waals surface area contributed by atoms with Crippen LogP contribution in [0.15, 0.2) is 60.8 Å². The van der Waals surface area contributed by atoms with Crippen LogP contribution >= 0.6 is 0 Å². The van der Waals surface area contributed by atoms with Gasteiger partial charge in [-0.15, -0.1) is 0 Å². The lowest BCUT2D eigenvalue weighted by molar-refractivity contribution is -0.142. The van der Waals surface area contributed by atoms with Crippen molar-refractivity contribution < 1.29 is 24.0 Å². The van der Waals surface area contributed by atoms with Gasteiger partial charge in [0.2, 0.25) is 29.5 Å². The Hall–Kier alpha value is -5.46. The molecule has 264 valence electrons. The first-order valence-corrected chi connectivity index (χ1v) is 16.9. The summed E-state index contributed by atoms with van der Waals surface area (Å²) < 4.78 is 1.77. The van der Waals surface area contributed by atoms with E-state index in [2.05, 4.69) is 26.0 Å². The molecular weight excluding hydrogens is 636 g/mol. The lowest BCUT2D eigenvalue weighted by Gasteiger charge is -2.30. The number of amides is 5. The van der Waals surface area contributed by atoms with Crippen molar-refractivity contribution in [1.82, 2.24) is 40.5 Å². The number of aryl methyl sites for hydroxylation is 2. The molecule has 1 aliphatic heterocycles. The number of likely N-dealkylation sites (N-methyl/N-ethyl adjacent to an activating group) is 1. The highest BCUT2D eigenvalue weighted by Gasteiger charge is 2.33. The summed E-state index contributed by atoms with van der Waals surface area (Å²) in [6.45, 7) is 5.21. The van der Waals surface area contributed by atoms with Crippen molar-refractivity contribution in [1.29, 1.82) is 0 Å². The number of para-hydroxylation sites is 1. The summed E-state index contributed by atoms with van der Waals surface area (Å²) in [5.41, 5.74) is 5.31. The number of hydrogen-bond acceptors (Lipinski definition) is 6. The van der Waals surface area contributed by atoms with Crippen molar-refractivity contribution in [3.8, 4) is 0 Å². The number of aromatic nitrogens is 3. The summed E-state index contributed by atoms with van der Waals surface area (Å²) in [5.74, 6) is -2.24. The van der Waals surface area contributed by atoms with Crippen molar-refractivity contribution in [2.75, 3.05) is 26.7 Å². The third-order valence-electron chi connectivity index (χ3n) is 9.57. The Labute approximate surface area is 291 Å². The highest BCUT2D eigenvalue weighted by atomic mass is 16.2. The van der Waals surface area contributed by atoms with Gasteiger partial charge in [0.05, 0.1) is 12.2 Å². The minimum Gasteiger partial charge on any atom is -0.361 e. The lowest BCUT2D eigenvalue weighted by Crippen LogP contribution is -2.57. The number of hydrogen-bond donors (Lipinski definition) is 4. The molecule has 2 aromatic carbocycles. The highest BCUT2D eigenvalue weighted by molar-refractivity contribution is 5.95. The lowest BCUT2D eigenvalue weighted by atomic mass is 10.0. The van der Waals surface area contributed by atoms with Gasteiger partial charge in [0.1, 0.15) is 18.1 Å². The Balaban J connectivity index is 1.43. The van der Waals surface area contributed by atoms with Crippen LogP contribution in [0.25, 0.3) is 10.9 Å². The molecule has 5 rings (SSSR count). The number of rotatable bonds is 7. The van der Waals surface area contributed by atoms with Crippen LogP contribution in [0.1, 0.15) is 41.4 Å². The van der Waals surface area contributed by atoms with Crippen LogP contribution in [0.4, 0.5) is 0 Å². The van der Waals surface area contributed by atoms with Gasteiger partial charge in [0.15, 0.2) is 0 Å². The number of nitrogens with one attached hydrogen (secondary N) is 4. The Morgan fingerprint density at radius 1 is 0.900 bits per heavy atom. The van der Waals surface area contributed by atoms with Crippen LogP contribution in [0.3, 0.4) is 0 Å². The van der Waals surface area contributed by atoms with E-state index >= 15 is 0 Å². The predicted octanol–water partition coefficient (Wildman–Crippen LogP) is 1.71. The quantitative estimate of drug-likeness (QED) is 0.232. The first kappa shape index (κ1) is 35.8. The van der Waals surface area contributed by atoms with Crippen molar-refractivity contribution >= 4 is 40.4 Å². The molecule has 0 spiro atoms. The van der Waals surface area contributed by atoms with E-state index in [4.69, 9.17) is 0 Å². The zero-order chi connectivity index (χ0) is 35.9. The van der Waals surface area contributed by atoms with E-state index in [0.717, 1.165) is 39.0 Å². The number of nitrogens with zero attached hydrogens (tertiary/aromatic N) is 4. The molecule has 0 saturated carbocycles. The number of carbonyl (C=O) groups is 5. The molecule has 5 amide bonds. The summed E-state index contributed by atoms with van der Waals surface area (Å²) in [7, 11) is 3.35. The van der Waals surface area contributed by atoms with Crippen LogP contribution in [0, 0.1) is 13.8 Å². The minimum atomic E-state index is -1.04. The minimum absolute atomic E-state index is 0.0480. The van der Waals surface area contributed by atoms with E-state index in [0.29, 0.717) is 6.42 Å². The molecule has 0 unspecified atom stereocenters. The second-order valence-electron chi connectivity index (χ2n) is 12.9. The van der Waals surface area contributed by atoms with Gasteiger partial charge in [0, 0.05) is 69.2 Å². The zero-order valence-corrected chi connectivity index (χ0v) is 29.3. The number of benzene rings is 2. The van der Waals surface area contributed by atoms with E-state index in [9.17, 15) is 24.0 Å². The molecular formula is C37H46N8O5. The average molecular weight is 683 g/mol. The molecule has 1 aliphatic rings. The monoisotopic (exact) mass is 682 g/mol. The normalized spacial score (nSPS) is 19.8. The standard InChI is InChI=1S/C37H46N8O5/c1-23-28(24(2)44(5)42-23)15-16-34(47)45-18-17-38-36(49)31(19-26-11-7-6-8-12-26)41-35(48)25(3)43(4)37(50)32(40-33(46)22-45)20-27-21-39-30-14-10-9-13-29(27)30/h6-14,21,25,31-32,39H,15-20,22H2,1-5H3,(H,38,49)(H,40,46)(H,41,48)/t25-,31-,32-/m0/s1. The van der Waals surface area contributed by atoms with Crippen LogP contribution in [0.5, 0.6) is 0 Å². The van der Waals surface area contributed by atoms with E-state index < -0.39 is 41.8 Å². The number of H-pyrrole nitrogens is 1. The maximum atomic E-state index is 14.1. The largest absolute Gasteiger partial charge is 0.361 e. The molecule has 50 heavy (non-hydrogen) atoms. The molecule has 3 heterocycles. The van der Waals surface area contributed by atoms with Gasteiger partial charge in [-0.3, -0.25) is 28.7 Å². The summed E-state index contributed by atoms with van der Waals surface area (Å²) in [6, 6.07) is 14.0. The van der Waals surface area contributed by atoms with Crippen LogP contribution in [-0.2, 0) is 50.3 Å². The fourth-order valence-electron chi connectivity index (χ4n) is 6.40. The summed E-state index contributed by atoms with van der Waals surface area (Å²) >= 11 is 0. The van der Waals surface area contributed by atoms with Gasteiger partial charge in [0.25, 0.3) is 0 Å². The zero-order valence-electron chi connectivity index (χ0n) is 29.3. The fraction of sp³-hybridized carbons (Fsp3) is 0.405. The molecule has 13 nitrogen and oxygen atoms in total. The van der Waals surface area contributed by atoms with Crippen LogP contribution < -0.4 is 16.0 Å². The summed E-state index contributed by atoms with van der Waals surface area (Å²) in [4.78, 5) is 74.4. The molecule has 2 aromatic heterocycles. The number of carbonyl (C=O) groups excluding carboxylic acids is 5. The maximum Gasteiger partial charge on any atom is 0.245 e. The van der Waals surface area contributed by atoms with Crippen molar-refractivity contribution in [2.24, 2.45) is 7.05 Å². The molecule has 0 bridgehead atoms. The summed E-state index contributed by atoms with van der Waals surface area (Å²) in [5, 5.41) is 13.9. The highest BCUT2D eigenvalue weighted by Crippen LogP contribution is 2.20. The third-order valence-corrected chi connectivity index (χ3v) is 9.57. The Morgan fingerprint density at radius 3 is 2.34 bits per heavy atom. The molecule has 1 saturated heterocycles. The van der Waals surface area contributed by atoms with Crippen LogP contribution in [0.2, 0.25) is 0 Å². The topological polar surface area (TPSA) is 162 Å². The molecule has 0 radical (unpaired) electrons. The Kier molecular flexibility index (Phi) is 11.3. The predicted molar refractivity (Wildman–Crippen MR) is 189 cm³/mol. The van der Waals surface area contributed by atoms with Gasteiger partial charge in [-0.25, -0.2) is 0 Å². The van der Waals surface area contributed by atoms with Crippen molar-refractivity contribution in [3.05, 3.63) is 88.9 Å². The molecule has 1 fully saturated rings. The fourth-order valence-corrected chi connectivity index (χ4v) is 6.40. The smallest absolute Gasteiger partial charge is 0.245 e. The number of aromatic amines is 1. The van der Waals surface area contributed by atoms with E-state index in [1.807, 2.05) is 75.5 Å². The maximum absolute atomic E-state index is 14.1. The van der Waals surface area contributed by atoms with Gasteiger partial charge in [-0.2, -0.15) is 5.10 Å². The molecule has 4 N–H and O–H groups in total. The van der Waals surface area contributed by atoms with Crippen molar-refractivity contribution in [3.63, 3.8) is 0 Å². The Morgan fingerprint density at radius 2 is 1.62 bits per heavy atom. The molecule has 0 aliphatic carbocycles. The van der Waals surface area contributed by atoms with E-state index in [-0.39, 0.29) is 44.8 Å². The molecule has 13 heteroatoms. The number of fused-ring (bicyclic) bond motifs is 1. The van der Waals surface area contributed by atoms with Gasteiger partial charge in [-0.1, -0.05) is 48.5 Å². The molecule has 4 aromatic rings. The first-order valence-electron chi connectivity index (χ1n) is 16.9. The molecule has 3 atom stereocenters. The SMILES string of the molecule is Cc1nn(C)c(C)c1CCC(=O)N1CCNC(=O)[C@H](Cc2ccccc2)NC(=O)[C@H](C)N(C)C(=O)[C@H](Cc2c[nH]c3ccccc23)NC(=O)C1. The Bertz CT molecular complexity index is 1870. The third kappa shape index (κ3) is 8.39. The van der Waals surface area contributed by atoms with E-state index in [1.165, 1.54) is 16.8 Å². The average Bonchev–Trinajstić information content (AvgIpc) is 3.62. The van der Waals surface area contributed by atoms with E-state index in [1.54, 1.807) is 17.8 Å². The second-order valence-corrected chi connectivity index (χ2v) is 12.9. The summed E-state index contributed by atoms with van der Waals surface area (Å²) in [6.07, 6.45) is 2.74. The second kappa shape index (κ2) is 15.8.